The van der Waals surface area contributed by atoms with E-state index >= 15 is 0 Å². The Morgan fingerprint density at radius 1 is 0.833 bits per heavy atom. The summed E-state index contributed by atoms with van der Waals surface area (Å²) < 4.78 is 12.4. The minimum absolute atomic E-state index is 0.0189. The molecule has 1 aliphatic heterocycles. The molecule has 0 spiro atoms. The van der Waals surface area contributed by atoms with Crippen molar-refractivity contribution in [3.05, 3.63) is 0 Å². The van der Waals surface area contributed by atoms with E-state index in [4.69, 9.17) is 9.47 Å². The van der Waals surface area contributed by atoms with Crippen LogP contribution in [0, 0.1) is 56.2 Å². The number of fused-ring (bicyclic) bond motifs is 4. The summed E-state index contributed by atoms with van der Waals surface area (Å²) in [5.41, 5.74) is 0.494. The van der Waals surface area contributed by atoms with E-state index in [9.17, 15) is 9.59 Å². The van der Waals surface area contributed by atoms with Crippen LogP contribution in [-0.4, -0.2) is 24.1 Å². The molecule has 1 heterocycles. The third kappa shape index (κ3) is 2.83. The average molecular weight is 499 g/mol. The lowest BCUT2D eigenvalue weighted by atomic mass is 9.30. The van der Waals surface area contributed by atoms with Crippen molar-refractivity contribution >= 4 is 11.9 Å². The number of hydrogen-bond donors (Lipinski definition) is 0. The van der Waals surface area contributed by atoms with Crippen LogP contribution in [0.15, 0.2) is 0 Å². The lowest BCUT2D eigenvalue weighted by molar-refractivity contribution is -0.257. The molecule has 5 aliphatic carbocycles. The molecule has 11 unspecified atom stereocenters. The molecular formula is C32H50O4. The summed E-state index contributed by atoms with van der Waals surface area (Å²) >= 11 is 0. The fourth-order valence-corrected chi connectivity index (χ4v) is 12.2. The first kappa shape index (κ1) is 25.2. The molecule has 202 valence electrons. The number of esters is 2. The highest BCUT2D eigenvalue weighted by molar-refractivity contribution is 5.82. The summed E-state index contributed by atoms with van der Waals surface area (Å²) in [4.78, 5) is 26.0. The molecule has 0 aromatic heterocycles. The molecule has 4 nitrogen and oxygen atoms in total. The minimum atomic E-state index is -0.334. The van der Waals surface area contributed by atoms with E-state index in [1.165, 1.54) is 25.7 Å². The Kier molecular flexibility index (Phi) is 5.13. The second-order valence-corrected chi connectivity index (χ2v) is 16.1. The van der Waals surface area contributed by atoms with Gasteiger partial charge in [0.2, 0.25) is 0 Å². The van der Waals surface area contributed by atoms with Crippen LogP contribution in [-0.2, 0) is 19.1 Å². The molecule has 2 bridgehead atoms. The van der Waals surface area contributed by atoms with E-state index < -0.39 is 0 Å². The van der Waals surface area contributed by atoms with Gasteiger partial charge in [-0.3, -0.25) is 9.59 Å². The van der Waals surface area contributed by atoms with Crippen molar-refractivity contribution in [1.29, 1.82) is 0 Å². The van der Waals surface area contributed by atoms with E-state index in [1.54, 1.807) is 6.92 Å². The van der Waals surface area contributed by atoms with Crippen LogP contribution in [0.25, 0.3) is 0 Å². The molecular weight excluding hydrogens is 448 g/mol. The van der Waals surface area contributed by atoms with E-state index in [-0.39, 0.29) is 45.8 Å². The zero-order valence-corrected chi connectivity index (χ0v) is 24.2. The molecule has 11 atom stereocenters. The first-order valence-electron chi connectivity index (χ1n) is 15.0. The van der Waals surface area contributed by atoms with Gasteiger partial charge in [0, 0.05) is 12.3 Å². The summed E-state index contributed by atoms with van der Waals surface area (Å²) in [6, 6.07) is 0. The average Bonchev–Trinajstić information content (AvgIpc) is 2.92. The Hall–Kier alpha value is -1.06. The zero-order valence-electron chi connectivity index (χ0n) is 24.2. The third-order valence-corrected chi connectivity index (χ3v) is 14.3. The van der Waals surface area contributed by atoms with Gasteiger partial charge in [0.05, 0.1) is 5.41 Å². The monoisotopic (exact) mass is 498 g/mol. The van der Waals surface area contributed by atoms with Gasteiger partial charge in [-0.15, -0.1) is 0 Å². The Morgan fingerprint density at radius 3 is 2.22 bits per heavy atom. The Balaban J connectivity index is 1.42. The van der Waals surface area contributed by atoms with Gasteiger partial charge in [-0.1, -0.05) is 48.5 Å². The number of carbonyl (C=O) groups is 2. The van der Waals surface area contributed by atoms with Crippen molar-refractivity contribution in [2.24, 2.45) is 56.2 Å². The molecule has 4 heteroatoms. The molecule has 36 heavy (non-hydrogen) atoms. The standard InChI is InChI=1S/C32H50O4/c1-19-21(35-20(2)33)9-10-22-29(19,6)12-11-23-30(22,7)18-25-31(8)24-17-27(3,4)13-14-28(24,5)15-16-32(23,31)26(34)36-25/h19,21-25H,9-18H2,1-8H3. The summed E-state index contributed by atoms with van der Waals surface area (Å²) in [5, 5.41) is 0. The van der Waals surface area contributed by atoms with E-state index in [0.717, 1.165) is 38.5 Å². The molecule has 6 aliphatic rings. The predicted octanol–water partition coefficient (Wildman–Crippen LogP) is 7.34. The normalized spacial score (nSPS) is 56.9. The summed E-state index contributed by atoms with van der Waals surface area (Å²) in [6.45, 7) is 18.8. The highest BCUT2D eigenvalue weighted by atomic mass is 16.6. The van der Waals surface area contributed by atoms with Crippen molar-refractivity contribution in [1.82, 2.24) is 0 Å². The topological polar surface area (TPSA) is 52.6 Å². The maximum absolute atomic E-state index is 14.2. The van der Waals surface area contributed by atoms with Gasteiger partial charge in [-0.05, 0) is 110 Å². The molecule has 0 amide bonds. The molecule has 0 aromatic carbocycles. The number of carbonyl (C=O) groups excluding carboxylic acids is 2. The van der Waals surface area contributed by atoms with Crippen LogP contribution in [0.3, 0.4) is 0 Å². The van der Waals surface area contributed by atoms with Gasteiger partial charge < -0.3 is 9.47 Å². The van der Waals surface area contributed by atoms with Crippen LogP contribution >= 0.6 is 0 Å². The van der Waals surface area contributed by atoms with E-state index in [2.05, 4.69) is 48.5 Å². The fourth-order valence-electron chi connectivity index (χ4n) is 12.2. The van der Waals surface area contributed by atoms with Gasteiger partial charge in [-0.2, -0.15) is 0 Å². The van der Waals surface area contributed by atoms with Crippen molar-refractivity contribution in [3.8, 4) is 0 Å². The van der Waals surface area contributed by atoms with Crippen LogP contribution in [0.4, 0.5) is 0 Å². The van der Waals surface area contributed by atoms with Crippen LogP contribution in [0.1, 0.15) is 120 Å². The predicted molar refractivity (Wildman–Crippen MR) is 140 cm³/mol. The lowest BCUT2D eigenvalue weighted by Gasteiger charge is -2.72. The molecule has 0 aromatic rings. The molecule has 5 saturated carbocycles. The van der Waals surface area contributed by atoms with Crippen LogP contribution < -0.4 is 0 Å². The van der Waals surface area contributed by atoms with Gasteiger partial charge in [0.25, 0.3) is 0 Å². The molecule has 0 N–H and O–H groups in total. The molecule has 1 saturated heterocycles. The lowest BCUT2D eigenvalue weighted by Crippen LogP contribution is -2.70. The number of rotatable bonds is 1. The van der Waals surface area contributed by atoms with Gasteiger partial charge in [-0.25, -0.2) is 0 Å². The number of hydrogen-bond acceptors (Lipinski definition) is 4. The SMILES string of the molecule is CC(=O)OC1CCC2C(C)(CCC3C2(C)CC2OC(=O)C34CCC3(C)CCC(C)(C)CC3C24C)C1C. The van der Waals surface area contributed by atoms with E-state index in [0.29, 0.717) is 34.5 Å². The van der Waals surface area contributed by atoms with Crippen molar-refractivity contribution in [2.75, 3.05) is 0 Å². The fraction of sp³-hybridized carbons (Fsp3) is 0.938. The smallest absolute Gasteiger partial charge is 0.313 e. The van der Waals surface area contributed by atoms with Crippen molar-refractivity contribution < 1.29 is 19.1 Å². The number of ether oxygens (including phenoxy) is 2. The first-order chi connectivity index (χ1) is 16.6. The zero-order chi connectivity index (χ0) is 26.1. The van der Waals surface area contributed by atoms with Gasteiger partial charge in [0.1, 0.15) is 12.2 Å². The minimum Gasteiger partial charge on any atom is -0.462 e. The summed E-state index contributed by atoms with van der Waals surface area (Å²) in [7, 11) is 0. The maximum atomic E-state index is 14.2. The first-order valence-corrected chi connectivity index (χ1v) is 15.0. The highest BCUT2D eigenvalue weighted by Crippen LogP contribution is 2.81. The van der Waals surface area contributed by atoms with Gasteiger partial charge in [0.15, 0.2) is 0 Å². The third-order valence-electron chi connectivity index (χ3n) is 14.3. The van der Waals surface area contributed by atoms with Crippen molar-refractivity contribution in [2.45, 2.75) is 132 Å². The highest BCUT2D eigenvalue weighted by Gasteiger charge is 2.81. The van der Waals surface area contributed by atoms with Gasteiger partial charge >= 0.3 is 11.9 Å². The second-order valence-electron chi connectivity index (χ2n) is 16.1. The Labute approximate surface area is 219 Å². The molecule has 6 fully saturated rings. The maximum Gasteiger partial charge on any atom is 0.313 e. The van der Waals surface area contributed by atoms with Crippen LogP contribution in [0.5, 0.6) is 0 Å². The van der Waals surface area contributed by atoms with Crippen molar-refractivity contribution in [3.63, 3.8) is 0 Å². The second kappa shape index (κ2) is 7.32. The quantitative estimate of drug-likeness (QED) is 0.355. The largest absolute Gasteiger partial charge is 0.462 e. The molecule has 6 rings (SSSR count). The Bertz CT molecular complexity index is 987. The Morgan fingerprint density at radius 2 is 1.53 bits per heavy atom. The summed E-state index contributed by atoms with van der Waals surface area (Å²) in [6.07, 6.45) is 11.3. The summed E-state index contributed by atoms with van der Waals surface area (Å²) in [5.74, 6) is 1.83. The van der Waals surface area contributed by atoms with E-state index in [1.807, 2.05) is 0 Å². The van der Waals surface area contributed by atoms with Crippen LogP contribution in [0.2, 0.25) is 0 Å². The molecule has 0 radical (unpaired) electrons.